The summed E-state index contributed by atoms with van der Waals surface area (Å²) in [6, 6.07) is 13.5. The van der Waals surface area contributed by atoms with E-state index in [4.69, 9.17) is 26.2 Å². The van der Waals surface area contributed by atoms with Crippen LogP contribution in [0.4, 0.5) is 4.79 Å². The number of aliphatic hydroxyl groups is 5. The maximum Gasteiger partial charge on any atom is 0.314 e. The summed E-state index contributed by atoms with van der Waals surface area (Å²) in [6.45, 7) is 1.09. The average Bonchev–Trinajstić information content (AvgIpc) is 4.11. The van der Waals surface area contributed by atoms with E-state index in [1.807, 2.05) is 30.3 Å². The second-order valence-electron chi connectivity index (χ2n) is 13.6. The second-order valence-corrected chi connectivity index (χ2v) is 16.0. The van der Waals surface area contributed by atoms with Crippen LogP contribution >= 0.6 is 11.6 Å². The molecule has 2 fully saturated rings. The third-order valence-electron chi connectivity index (χ3n) is 9.56. The smallest absolute Gasteiger partial charge is 0.314 e. The molecule has 0 saturated heterocycles. The summed E-state index contributed by atoms with van der Waals surface area (Å²) in [6.07, 6.45) is 0.799. The zero-order chi connectivity index (χ0) is 39.0. The number of rotatable bonds is 21. The molecule has 2 aromatic carbocycles. The second kappa shape index (κ2) is 18.4. The number of aliphatic hydroxyl groups excluding tert-OH is 5. The van der Waals surface area contributed by atoms with Crippen molar-refractivity contribution in [1.82, 2.24) is 14.9 Å². The van der Waals surface area contributed by atoms with Crippen LogP contribution in [0.1, 0.15) is 56.6 Å². The maximum atomic E-state index is 13.7. The SMILES string of the molecule is CCN(CCCCNC(=O)NC[C@H](O)[C@@H](O)[C@H](O)[C@H](O)CO)S(=O)(=O)c1ccc(Cl)c(COC2(c3c[n+](O)ccc3-c3ccccc3OC3CC3)CC2)c1. The lowest BCUT2D eigenvalue weighted by Gasteiger charge is -2.25. The van der Waals surface area contributed by atoms with Crippen LogP contribution in [0.15, 0.2) is 65.8 Å². The quantitative estimate of drug-likeness (QED) is 0.0442. The predicted molar refractivity (Wildman–Crippen MR) is 196 cm³/mol. The van der Waals surface area contributed by atoms with Gasteiger partial charge in [0.05, 0.1) is 35.9 Å². The first-order chi connectivity index (χ1) is 25.8. The highest BCUT2D eigenvalue weighted by Crippen LogP contribution is 2.53. The number of aromatic nitrogens is 1. The van der Waals surface area contributed by atoms with Gasteiger partial charge in [0.2, 0.25) is 22.4 Å². The standard InChI is InChI=1S/C37H49ClN4O11S/c1-2-42(17-6-5-16-39-36(48)40-20-31(44)34(46)35(47)32(45)22-43)54(50,51)26-11-12-30(38)24(19-26)23-52-37(14-15-37)29-21-41(49)18-13-27(29)28-7-3-4-8-33(28)53-25-9-10-25/h3-4,7-8,11-13,18-19,21,25,31-32,34-35,43-47H,2,5-6,9-10,14-17,20,22-23H2,1H3,(H2-,39,40,48,49)/p+1/t31-,32+,34+,35+/m0/s1. The van der Waals surface area contributed by atoms with Gasteiger partial charge in [0.1, 0.15) is 29.7 Å². The highest BCUT2D eigenvalue weighted by Gasteiger charge is 2.49. The molecule has 15 nitrogen and oxygen atoms in total. The zero-order valence-electron chi connectivity index (χ0n) is 30.1. The van der Waals surface area contributed by atoms with E-state index in [-0.39, 0.29) is 37.2 Å². The molecule has 0 bridgehead atoms. The number of sulfonamides is 1. The number of unbranched alkanes of at least 4 members (excludes halogenated alkanes) is 1. The van der Waals surface area contributed by atoms with Gasteiger partial charge in [-0.05, 0) is 68.4 Å². The fourth-order valence-electron chi connectivity index (χ4n) is 6.04. The highest BCUT2D eigenvalue weighted by molar-refractivity contribution is 7.89. The molecule has 296 valence electrons. The Morgan fingerprint density at radius 2 is 1.74 bits per heavy atom. The number of hydrogen-bond acceptors (Lipinski definition) is 11. The van der Waals surface area contributed by atoms with E-state index >= 15 is 0 Å². The lowest BCUT2D eigenvalue weighted by Crippen LogP contribution is -2.50. The number of halogens is 1. The molecule has 1 aromatic heterocycles. The van der Waals surface area contributed by atoms with E-state index in [1.165, 1.54) is 22.5 Å². The lowest BCUT2D eigenvalue weighted by molar-refractivity contribution is -0.905. The lowest BCUT2D eigenvalue weighted by atomic mass is 9.96. The number of pyridine rings is 1. The van der Waals surface area contributed by atoms with Crippen LogP contribution in [0.2, 0.25) is 5.02 Å². The van der Waals surface area contributed by atoms with Gasteiger partial charge in [-0.2, -0.15) is 4.31 Å². The first-order valence-corrected chi connectivity index (χ1v) is 19.9. The minimum atomic E-state index is -3.92. The van der Waals surface area contributed by atoms with Gasteiger partial charge in [0.25, 0.3) is 0 Å². The fourth-order valence-corrected chi connectivity index (χ4v) is 7.75. The molecular formula is C37H50ClN4O11S+. The molecule has 1 heterocycles. The van der Waals surface area contributed by atoms with E-state index in [9.17, 15) is 38.8 Å². The van der Waals surface area contributed by atoms with Gasteiger partial charge in [-0.3, -0.25) is 5.21 Å². The van der Waals surface area contributed by atoms with Gasteiger partial charge in [-0.25, -0.2) is 13.2 Å². The number of ether oxygens (including phenoxy) is 2. The molecule has 3 aromatic rings. The van der Waals surface area contributed by atoms with Crippen LogP contribution < -0.4 is 20.1 Å². The van der Waals surface area contributed by atoms with Crippen LogP contribution in [-0.4, -0.2) is 113 Å². The molecule has 2 aliphatic carbocycles. The molecule has 17 heteroatoms. The molecule has 0 spiro atoms. The number of urea groups is 1. The van der Waals surface area contributed by atoms with Crippen LogP contribution in [0, 0.1) is 0 Å². The van der Waals surface area contributed by atoms with Gasteiger partial charge in [-0.1, -0.05) is 36.7 Å². The molecule has 0 unspecified atom stereocenters. The summed E-state index contributed by atoms with van der Waals surface area (Å²) in [7, 11) is -3.92. The molecule has 2 saturated carbocycles. The maximum absolute atomic E-state index is 13.7. The first-order valence-electron chi connectivity index (χ1n) is 18.1. The molecule has 8 N–H and O–H groups in total. The number of hydrogen-bond donors (Lipinski definition) is 8. The van der Waals surface area contributed by atoms with Crippen molar-refractivity contribution in [2.75, 3.05) is 32.8 Å². The van der Waals surface area contributed by atoms with E-state index in [1.54, 1.807) is 19.3 Å². The summed E-state index contributed by atoms with van der Waals surface area (Å²) < 4.78 is 42.5. The Bertz CT molecular complexity index is 1840. The van der Waals surface area contributed by atoms with Gasteiger partial charge >= 0.3 is 6.03 Å². The van der Waals surface area contributed by atoms with Crippen molar-refractivity contribution in [2.24, 2.45) is 0 Å². The summed E-state index contributed by atoms with van der Waals surface area (Å²) >= 11 is 6.57. The molecular weight excluding hydrogens is 744 g/mol. The Labute approximate surface area is 319 Å². The molecule has 2 aliphatic rings. The molecule has 5 rings (SSSR count). The Hall–Kier alpha value is -3.58. The van der Waals surface area contributed by atoms with E-state index in [2.05, 4.69) is 10.6 Å². The van der Waals surface area contributed by atoms with Gasteiger partial charge in [0, 0.05) is 53.1 Å². The number of nitrogens with zero attached hydrogens (tertiary/aromatic N) is 2. The Balaban J connectivity index is 1.16. The summed E-state index contributed by atoms with van der Waals surface area (Å²) in [4.78, 5) is 12.2. The number of benzene rings is 2. The Kier molecular flexibility index (Phi) is 14.1. The number of amides is 2. The molecule has 0 radical (unpaired) electrons. The third-order valence-corrected chi connectivity index (χ3v) is 11.9. The molecule has 54 heavy (non-hydrogen) atoms. The molecule has 2 amide bonds. The highest BCUT2D eigenvalue weighted by atomic mass is 35.5. The van der Waals surface area contributed by atoms with Gasteiger partial charge in [-0.15, -0.1) is 0 Å². The number of carbonyl (C=O) groups is 1. The fraction of sp³-hybridized carbons (Fsp3) is 0.514. The minimum absolute atomic E-state index is 0.0310. The number of para-hydroxylation sites is 1. The normalized spacial score (nSPS) is 17.4. The van der Waals surface area contributed by atoms with Crippen LogP contribution in [0.3, 0.4) is 0 Å². The van der Waals surface area contributed by atoms with Crippen molar-refractivity contribution in [3.05, 3.63) is 77.1 Å². The van der Waals surface area contributed by atoms with Crippen molar-refractivity contribution in [1.29, 1.82) is 0 Å². The number of carbonyl (C=O) groups excluding carboxylic acids is 1. The van der Waals surface area contributed by atoms with Crippen LogP contribution in [-0.2, 0) is 27.0 Å². The predicted octanol–water partition coefficient (Wildman–Crippen LogP) is 1.80. The Morgan fingerprint density at radius 1 is 1.02 bits per heavy atom. The van der Waals surface area contributed by atoms with E-state index in [0.717, 1.165) is 40.0 Å². The van der Waals surface area contributed by atoms with Gasteiger partial charge in [0.15, 0.2) is 0 Å². The minimum Gasteiger partial charge on any atom is -0.490 e. The van der Waals surface area contributed by atoms with Crippen molar-refractivity contribution in [2.45, 2.75) is 93.1 Å². The zero-order valence-corrected chi connectivity index (χ0v) is 31.6. The largest absolute Gasteiger partial charge is 0.490 e. The third kappa shape index (κ3) is 10.4. The van der Waals surface area contributed by atoms with E-state index in [0.29, 0.717) is 36.3 Å². The average molecular weight is 794 g/mol. The van der Waals surface area contributed by atoms with Crippen LogP contribution in [0.5, 0.6) is 5.75 Å². The van der Waals surface area contributed by atoms with Crippen molar-refractivity contribution in [3.8, 4) is 16.9 Å². The van der Waals surface area contributed by atoms with Crippen molar-refractivity contribution >= 4 is 27.7 Å². The summed E-state index contributed by atoms with van der Waals surface area (Å²) in [5, 5.41) is 63.5. The molecule has 0 aliphatic heterocycles. The van der Waals surface area contributed by atoms with E-state index < -0.39 is 59.2 Å². The van der Waals surface area contributed by atoms with Crippen LogP contribution in [0.25, 0.3) is 11.1 Å². The first kappa shape index (κ1) is 41.6. The summed E-state index contributed by atoms with van der Waals surface area (Å²) in [5.74, 6) is 0.764. The number of nitrogens with one attached hydrogen (secondary N) is 2. The monoisotopic (exact) mass is 793 g/mol. The van der Waals surface area contributed by atoms with Crippen molar-refractivity contribution < 1.29 is 58.2 Å². The topological polar surface area (TPSA) is 222 Å². The van der Waals surface area contributed by atoms with Gasteiger partial charge < -0.3 is 45.6 Å². The Morgan fingerprint density at radius 3 is 2.43 bits per heavy atom. The summed E-state index contributed by atoms with van der Waals surface area (Å²) in [5.41, 5.74) is 2.33. The van der Waals surface area contributed by atoms with Crippen molar-refractivity contribution in [3.63, 3.8) is 0 Å². The molecule has 4 atom stereocenters.